The van der Waals surface area contributed by atoms with Gasteiger partial charge in [-0.3, -0.25) is 0 Å². The van der Waals surface area contributed by atoms with Gasteiger partial charge in [0.05, 0.1) is 0 Å². The summed E-state index contributed by atoms with van der Waals surface area (Å²) in [6, 6.07) is 2.27. The van der Waals surface area contributed by atoms with E-state index in [0.29, 0.717) is 12.6 Å². The second kappa shape index (κ2) is 6.83. The Balaban J connectivity index is 2.47. The highest BCUT2D eigenvalue weighted by molar-refractivity contribution is 5.15. The van der Waals surface area contributed by atoms with Crippen molar-refractivity contribution in [2.75, 3.05) is 7.05 Å². The minimum absolute atomic E-state index is 0.135. The molecule has 104 valence electrons. The van der Waals surface area contributed by atoms with E-state index in [0.717, 1.165) is 18.4 Å². The minimum Gasteiger partial charge on any atom is -0.354 e. The van der Waals surface area contributed by atoms with Gasteiger partial charge in [-0.05, 0) is 31.5 Å². The van der Waals surface area contributed by atoms with Crippen LogP contribution in [0.3, 0.4) is 0 Å². The SMILES string of the molecule is CCCC(NC)c1ccn(CCCC(F)(F)F)c1. The summed E-state index contributed by atoms with van der Waals surface area (Å²) in [6.07, 6.45) is 1.26. The molecule has 1 unspecified atom stereocenters. The van der Waals surface area contributed by atoms with Crippen LogP contribution in [-0.2, 0) is 6.54 Å². The summed E-state index contributed by atoms with van der Waals surface area (Å²) in [4.78, 5) is 0. The number of aryl methyl sites for hydroxylation is 1. The van der Waals surface area contributed by atoms with E-state index in [2.05, 4.69) is 12.2 Å². The fourth-order valence-electron chi connectivity index (χ4n) is 2.03. The summed E-state index contributed by atoms with van der Waals surface area (Å²) in [7, 11) is 1.90. The molecule has 0 fully saturated rings. The largest absolute Gasteiger partial charge is 0.389 e. The molecule has 1 atom stereocenters. The summed E-state index contributed by atoms with van der Waals surface area (Å²) in [6.45, 7) is 2.53. The summed E-state index contributed by atoms with van der Waals surface area (Å²) in [5.41, 5.74) is 1.14. The lowest BCUT2D eigenvalue weighted by Crippen LogP contribution is -2.15. The molecule has 0 aliphatic heterocycles. The minimum atomic E-state index is -4.05. The lowest BCUT2D eigenvalue weighted by Gasteiger charge is -2.13. The molecule has 0 spiro atoms. The van der Waals surface area contributed by atoms with E-state index in [1.807, 2.05) is 30.1 Å². The van der Waals surface area contributed by atoms with Gasteiger partial charge < -0.3 is 9.88 Å². The number of rotatable bonds is 7. The predicted octanol–water partition coefficient (Wildman–Crippen LogP) is 3.89. The van der Waals surface area contributed by atoms with Crippen LogP contribution in [0, 0.1) is 0 Å². The molecule has 0 saturated heterocycles. The fourth-order valence-corrected chi connectivity index (χ4v) is 2.03. The number of nitrogens with zero attached hydrogens (tertiary/aromatic N) is 1. The van der Waals surface area contributed by atoms with Crippen molar-refractivity contribution in [2.45, 2.75) is 51.4 Å². The molecule has 2 nitrogen and oxygen atoms in total. The monoisotopic (exact) mass is 262 g/mol. The smallest absolute Gasteiger partial charge is 0.354 e. The zero-order valence-electron chi connectivity index (χ0n) is 10.9. The zero-order valence-corrected chi connectivity index (χ0v) is 10.9. The second-order valence-electron chi connectivity index (χ2n) is 4.53. The quantitative estimate of drug-likeness (QED) is 0.788. The normalized spacial score (nSPS) is 13.8. The Bertz CT molecular complexity index is 344. The lowest BCUT2D eigenvalue weighted by atomic mass is 10.1. The molecule has 5 heteroatoms. The molecule has 0 radical (unpaired) electrons. The van der Waals surface area contributed by atoms with Gasteiger partial charge >= 0.3 is 6.18 Å². The number of halogens is 3. The van der Waals surface area contributed by atoms with Gasteiger partial charge in [0.15, 0.2) is 0 Å². The molecule has 1 heterocycles. The first-order valence-electron chi connectivity index (χ1n) is 6.36. The molecular formula is C13H21F3N2. The third-order valence-electron chi connectivity index (χ3n) is 2.98. The Morgan fingerprint density at radius 1 is 1.39 bits per heavy atom. The Labute approximate surface area is 106 Å². The van der Waals surface area contributed by atoms with Crippen molar-refractivity contribution in [1.82, 2.24) is 9.88 Å². The standard InChI is InChI=1S/C13H21F3N2/c1-3-5-12(17-2)11-6-9-18(10-11)8-4-7-13(14,15)16/h6,9-10,12,17H,3-5,7-8H2,1-2H3. The van der Waals surface area contributed by atoms with Crippen LogP contribution in [0.25, 0.3) is 0 Å². The number of hydrogen-bond acceptors (Lipinski definition) is 1. The second-order valence-corrected chi connectivity index (χ2v) is 4.53. The van der Waals surface area contributed by atoms with Crippen LogP contribution in [-0.4, -0.2) is 17.8 Å². The van der Waals surface area contributed by atoms with Crippen LogP contribution >= 0.6 is 0 Å². The topological polar surface area (TPSA) is 17.0 Å². The number of hydrogen-bond donors (Lipinski definition) is 1. The summed E-state index contributed by atoms with van der Waals surface area (Å²) < 4.78 is 37.9. The Hall–Kier alpha value is -0.970. The van der Waals surface area contributed by atoms with Crippen molar-refractivity contribution in [1.29, 1.82) is 0 Å². The van der Waals surface area contributed by atoms with E-state index in [4.69, 9.17) is 0 Å². The van der Waals surface area contributed by atoms with E-state index in [1.54, 1.807) is 0 Å². The first-order chi connectivity index (χ1) is 8.46. The highest BCUT2D eigenvalue weighted by atomic mass is 19.4. The van der Waals surface area contributed by atoms with Crippen LogP contribution in [0.2, 0.25) is 0 Å². The van der Waals surface area contributed by atoms with Gasteiger partial charge in [0, 0.05) is 31.4 Å². The third-order valence-corrected chi connectivity index (χ3v) is 2.98. The fraction of sp³-hybridized carbons (Fsp3) is 0.692. The van der Waals surface area contributed by atoms with Crippen molar-refractivity contribution in [2.24, 2.45) is 0 Å². The van der Waals surface area contributed by atoms with E-state index >= 15 is 0 Å². The molecule has 18 heavy (non-hydrogen) atoms. The zero-order chi connectivity index (χ0) is 13.6. The Morgan fingerprint density at radius 2 is 2.11 bits per heavy atom. The van der Waals surface area contributed by atoms with E-state index in [-0.39, 0.29) is 6.42 Å². The highest BCUT2D eigenvalue weighted by Crippen LogP contribution is 2.22. The molecule has 1 rings (SSSR count). The molecule has 0 aromatic carbocycles. The van der Waals surface area contributed by atoms with Gasteiger partial charge in [-0.1, -0.05) is 13.3 Å². The van der Waals surface area contributed by atoms with Gasteiger partial charge in [-0.2, -0.15) is 13.2 Å². The molecule has 1 aromatic rings. The molecule has 1 N–H and O–H groups in total. The van der Waals surface area contributed by atoms with Gasteiger partial charge in [0.1, 0.15) is 0 Å². The van der Waals surface area contributed by atoms with Gasteiger partial charge in [-0.15, -0.1) is 0 Å². The van der Waals surface area contributed by atoms with Gasteiger partial charge in [0.25, 0.3) is 0 Å². The molecule has 0 aliphatic carbocycles. The highest BCUT2D eigenvalue weighted by Gasteiger charge is 2.25. The third kappa shape index (κ3) is 5.12. The van der Waals surface area contributed by atoms with E-state index in [9.17, 15) is 13.2 Å². The predicted molar refractivity (Wildman–Crippen MR) is 66.4 cm³/mol. The number of aromatic nitrogens is 1. The number of alkyl halides is 3. The van der Waals surface area contributed by atoms with E-state index in [1.165, 1.54) is 0 Å². The summed E-state index contributed by atoms with van der Waals surface area (Å²) in [5, 5.41) is 3.22. The maximum absolute atomic E-state index is 12.0. The summed E-state index contributed by atoms with van der Waals surface area (Å²) >= 11 is 0. The summed E-state index contributed by atoms with van der Waals surface area (Å²) in [5.74, 6) is 0. The number of nitrogens with one attached hydrogen (secondary N) is 1. The molecular weight excluding hydrogens is 241 g/mol. The van der Waals surface area contributed by atoms with Crippen molar-refractivity contribution < 1.29 is 13.2 Å². The van der Waals surface area contributed by atoms with Gasteiger partial charge in [-0.25, -0.2) is 0 Å². The average molecular weight is 262 g/mol. The first-order valence-corrected chi connectivity index (χ1v) is 6.36. The Kier molecular flexibility index (Phi) is 5.72. The van der Waals surface area contributed by atoms with Crippen LogP contribution in [0.5, 0.6) is 0 Å². The lowest BCUT2D eigenvalue weighted by molar-refractivity contribution is -0.135. The van der Waals surface area contributed by atoms with Crippen molar-refractivity contribution in [3.63, 3.8) is 0 Å². The average Bonchev–Trinajstić information content (AvgIpc) is 2.72. The molecule has 0 amide bonds. The van der Waals surface area contributed by atoms with Crippen LogP contribution < -0.4 is 5.32 Å². The maximum atomic E-state index is 12.0. The molecule has 0 aliphatic rings. The Morgan fingerprint density at radius 3 is 2.67 bits per heavy atom. The van der Waals surface area contributed by atoms with Crippen LogP contribution in [0.1, 0.15) is 44.2 Å². The van der Waals surface area contributed by atoms with Crippen LogP contribution in [0.4, 0.5) is 13.2 Å². The van der Waals surface area contributed by atoms with Gasteiger partial charge in [0.2, 0.25) is 0 Å². The van der Waals surface area contributed by atoms with Crippen molar-refractivity contribution in [3.05, 3.63) is 24.0 Å². The van der Waals surface area contributed by atoms with Crippen LogP contribution in [0.15, 0.2) is 18.5 Å². The molecule has 0 bridgehead atoms. The first kappa shape index (κ1) is 15.1. The molecule has 0 saturated carbocycles. The maximum Gasteiger partial charge on any atom is 0.389 e. The van der Waals surface area contributed by atoms with E-state index < -0.39 is 12.6 Å². The van der Waals surface area contributed by atoms with Crippen molar-refractivity contribution in [3.8, 4) is 0 Å². The van der Waals surface area contributed by atoms with Crippen molar-refractivity contribution >= 4 is 0 Å². The molecule has 1 aromatic heterocycles.